The summed E-state index contributed by atoms with van der Waals surface area (Å²) in [6, 6.07) is 0. The normalized spacial score (nSPS) is 16.8. The van der Waals surface area contributed by atoms with Crippen molar-refractivity contribution in [2.24, 2.45) is 5.41 Å². The second-order valence-electron chi connectivity index (χ2n) is 6.04. The van der Waals surface area contributed by atoms with E-state index in [1.807, 2.05) is 6.08 Å². The van der Waals surface area contributed by atoms with Gasteiger partial charge in [0.05, 0.1) is 14.2 Å². The molecular weight excluding hydrogens is 280 g/mol. The molecule has 1 aliphatic carbocycles. The highest BCUT2D eigenvalue weighted by atomic mass is 16.5. The third-order valence-corrected chi connectivity index (χ3v) is 3.89. The molecule has 4 heteroatoms. The van der Waals surface area contributed by atoms with Gasteiger partial charge in [0.1, 0.15) is 0 Å². The summed E-state index contributed by atoms with van der Waals surface area (Å²) in [4.78, 5) is 24.1. The Labute approximate surface area is 132 Å². The predicted octanol–water partition coefficient (Wildman–Crippen LogP) is 3.73. The predicted molar refractivity (Wildman–Crippen MR) is 86.2 cm³/mol. The largest absolute Gasteiger partial charge is 0.468 e. The molecule has 1 aliphatic rings. The summed E-state index contributed by atoms with van der Waals surface area (Å²) in [5.41, 5.74) is 2.32. The molecule has 0 aromatic heterocycles. The van der Waals surface area contributed by atoms with Crippen LogP contribution in [0, 0.1) is 5.41 Å². The molecule has 1 rings (SSSR count). The minimum Gasteiger partial charge on any atom is -0.468 e. The van der Waals surface area contributed by atoms with Crippen molar-refractivity contribution in [2.45, 2.75) is 46.5 Å². The maximum absolute atomic E-state index is 12.0. The maximum atomic E-state index is 12.0. The number of esters is 2. The van der Waals surface area contributed by atoms with Gasteiger partial charge in [-0.2, -0.15) is 0 Å². The van der Waals surface area contributed by atoms with E-state index in [-0.39, 0.29) is 0 Å². The molecule has 0 aromatic rings. The van der Waals surface area contributed by atoms with Gasteiger partial charge in [0.2, 0.25) is 0 Å². The lowest BCUT2D eigenvalue weighted by molar-refractivity contribution is -0.168. The van der Waals surface area contributed by atoms with Crippen LogP contribution in [0.2, 0.25) is 0 Å². The van der Waals surface area contributed by atoms with Crippen LogP contribution in [0.15, 0.2) is 34.9 Å². The van der Waals surface area contributed by atoms with Crippen LogP contribution >= 0.6 is 0 Å². The Hall–Kier alpha value is -1.84. The topological polar surface area (TPSA) is 52.6 Å². The molecule has 0 saturated carbocycles. The number of carbonyl (C=O) groups is 2. The van der Waals surface area contributed by atoms with Crippen LogP contribution < -0.4 is 0 Å². The average Bonchev–Trinajstić information content (AvgIpc) is 2.90. The van der Waals surface area contributed by atoms with Crippen LogP contribution in [-0.4, -0.2) is 26.2 Å². The first kappa shape index (κ1) is 18.2. The van der Waals surface area contributed by atoms with E-state index in [9.17, 15) is 9.59 Å². The van der Waals surface area contributed by atoms with Crippen molar-refractivity contribution in [1.29, 1.82) is 0 Å². The molecule has 0 bridgehead atoms. The monoisotopic (exact) mass is 306 g/mol. The zero-order chi connectivity index (χ0) is 16.8. The van der Waals surface area contributed by atoms with Crippen molar-refractivity contribution in [2.75, 3.05) is 14.2 Å². The van der Waals surface area contributed by atoms with Crippen LogP contribution in [0.5, 0.6) is 0 Å². The van der Waals surface area contributed by atoms with Crippen molar-refractivity contribution in [3.8, 4) is 0 Å². The minimum atomic E-state index is -1.21. The summed E-state index contributed by atoms with van der Waals surface area (Å²) < 4.78 is 9.61. The van der Waals surface area contributed by atoms with Crippen LogP contribution in [0.3, 0.4) is 0 Å². The molecule has 0 radical (unpaired) electrons. The first-order valence-electron chi connectivity index (χ1n) is 7.52. The fourth-order valence-corrected chi connectivity index (χ4v) is 2.67. The Kier molecular flexibility index (Phi) is 6.60. The van der Waals surface area contributed by atoms with Gasteiger partial charge in [-0.05, 0) is 46.5 Å². The number of allylic oxidation sites excluding steroid dienone is 6. The number of ether oxygens (including phenoxy) is 2. The molecule has 0 fully saturated rings. The van der Waals surface area contributed by atoms with Gasteiger partial charge in [-0.3, -0.25) is 9.59 Å². The molecule has 0 aromatic carbocycles. The smallest absolute Gasteiger partial charge is 0.323 e. The summed E-state index contributed by atoms with van der Waals surface area (Å²) in [6.07, 6.45) is 8.83. The molecule has 0 amide bonds. The lowest BCUT2D eigenvalue weighted by atomic mass is 9.84. The minimum absolute atomic E-state index is 0.333. The number of hydrogen-bond acceptors (Lipinski definition) is 4. The van der Waals surface area contributed by atoms with E-state index in [2.05, 4.69) is 32.9 Å². The molecule has 22 heavy (non-hydrogen) atoms. The van der Waals surface area contributed by atoms with Gasteiger partial charge in [0.25, 0.3) is 0 Å². The standard InChI is InChI=1S/C18H26O4/c1-13(2)7-6-8-14(3)11-15-9-10-18(12-15,16(19)21-4)17(20)22-5/h7,9,11H,6,8,10,12H2,1-5H3/b14-11+. The summed E-state index contributed by atoms with van der Waals surface area (Å²) >= 11 is 0. The second-order valence-corrected chi connectivity index (χ2v) is 6.04. The maximum Gasteiger partial charge on any atom is 0.323 e. The molecule has 0 saturated heterocycles. The molecule has 0 N–H and O–H groups in total. The molecular formula is C18H26O4. The summed E-state index contributed by atoms with van der Waals surface area (Å²) in [5, 5.41) is 0. The van der Waals surface area contributed by atoms with Gasteiger partial charge in [0, 0.05) is 0 Å². The van der Waals surface area contributed by atoms with E-state index >= 15 is 0 Å². The highest BCUT2D eigenvalue weighted by molar-refractivity contribution is 6.01. The van der Waals surface area contributed by atoms with Crippen LogP contribution in [0.1, 0.15) is 46.5 Å². The molecule has 0 heterocycles. The number of carbonyl (C=O) groups excluding carboxylic acids is 2. The lowest BCUT2D eigenvalue weighted by Gasteiger charge is -2.22. The van der Waals surface area contributed by atoms with Crippen molar-refractivity contribution in [1.82, 2.24) is 0 Å². The Balaban J connectivity index is 2.79. The van der Waals surface area contributed by atoms with E-state index in [1.165, 1.54) is 25.4 Å². The summed E-state index contributed by atoms with van der Waals surface area (Å²) in [5.74, 6) is -1.05. The zero-order valence-electron chi connectivity index (χ0n) is 14.2. The van der Waals surface area contributed by atoms with Crippen molar-refractivity contribution in [3.63, 3.8) is 0 Å². The Morgan fingerprint density at radius 1 is 1.18 bits per heavy atom. The Morgan fingerprint density at radius 3 is 2.27 bits per heavy atom. The zero-order valence-corrected chi connectivity index (χ0v) is 14.2. The van der Waals surface area contributed by atoms with Crippen molar-refractivity contribution < 1.29 is 19.1 Å². The highest BCUT2D eigenvalue weighted by Crippen LogP contribution is 2.40. The number of methoxy groups -OCH3 is 2. The van der Waals surface area contributed by atoms with E-state index in [0.29, 0.717) is 12.8 Å². The Morgan fingerprint density at radius 2 is 1.77 bits per heavy atom. The SMILES string of the molecule is COC(=O)C1(C(=O)OC)CC=C(/C=C(\C)CCC=C(C)C)C1. The van der Waals surface area contributed by atoms with E-state index < -0.39 is 17.4 Å². The van der Waals surface area contributed by atoms with Gasteiger partial charge < -0.3 is 9.47 Å². The number of rotatable bonds is 6. The van der Waals surface area contributed by atoms with E-state index in [4.69, 9.17) is 9.47 Å². The fraction of sp³-hybridized carbons (Fsp3) is 0.556. The van der Waals surface area contributed by atoms with Crippen LogP contribution in [0.25, 0.3) is 0 Å². The quantitative estimate of drug-likeness (QED) is 0.426. The summed E-state index contributed by atoms with van der Waals surface area (Å²) in [7, 11) is 2.59. The first-order chi connectivity index (χ1) is 10.4. The van der Waals surface area contributed by atoms with Crippen LogP contribution in [0.4, 0.5) is 0 Å². The van der Waals surface area contributed by atoms with E-state index in [1.54, 1.807) is 0 Å². The molecule has 0 spiro atoms. The fourth-order valence-electron chi connectivity index (χ4n) is 2.67. The number of hydrogen-bond donors (Lipinski definition) is 0. The van der Waals surface area contributed by atoms with Gasteiger partial charge in [-0.25, -0.2) is 0 Å². The molecule has 0 aliphatic heterocycles. The van der Waals surface area contributed by atoms with Crippen LogP contribution in [-0.2, 0) is 19.1 Å². The molecule has 122 valence electrons. The lowest BCUT2D eigenvalue weighted by Crippen LogP contribution is -2.39. The first-order valence-corrected chi connectivity index (χ1v) is 7.52. The van der Waals surface area contributed by atoms with Gasteiger partial charge in [-0.1, -0.05) is 34.9 Å². The van der Waals surface area contributed by atoms with E-state index in [0.717, 1.165) is 18.4 Å². The Bertz CT molecular complexity index is 503. The second kappa shape index (κ2) is 7.97. The third kappa shape index (κ3) is 4.33. The van der Waals surface area contributed by atoms with Gasteiger partial charge >= 0.3 is 11.9 Å². The van der Waals surface area contributed by atoms with Crippen molar-refractivity contribution in [3.05, 3.63) is 34.9 Å². The molecule has 0 atom stereocenters. The third-order valence-electron chi connectivity index (χ3n) is 3.89. The molecule has 4 nitrogen and oxygen atoms in total. The van der Waals surface area contributed by atoms with Gasteiger partial charge in [-0.15, -0.1) is 0 Å². The average molecular weight is 306 g/mol. The molecule has 0 unspecified atom stereocenters. The summed E-state index contributed by atoms with van der Waals surface area (Å²) in [6.45, 7) is 6.23. The van der Waals surface area contributed by atoms with Gasteiger partial charge in [0.15, 0.2) is 5.41 Å². The highest BCUT2D eigenvalue weighted by Gasteiger charge is 2.50. The van der Waals surface area contributed by atoms with Crippen molar-refractivity contribution >= 4 is 11.9 Å².